The number of hydrogen-bond donors (Lipinski definition) is 0. The van der Waals surface area contributed by atoms with Crippen molar-refractivity contribution in [3.8, 4) is 0 Å². The molecule has 39 heavy (non-hydrogen) atoms. The average molecular weight is 572 g/mol. The third-order valence-corrected chi connectivity index (χ3v) is 7.46. The van der Waals surface area contributed by atoms with Gasteiger partial charge in [-0.25, -0.2) is 4.99 Å². The molecule has 0 saturated heterocycles. The van der Waals surface area contributed by atoms with Gasteiger partial charge in [0.2, 0.25) is 6.34 Å². The third-order valence-electron chi connectivity index (χ3n) is 7.46. The normalized spacial score (nSPS) is 13.5. The van der Waals surface area contributed by atoms with E-state index in [2.05, 4.69) is 18.8 Å². The molecule has 6 nitrogen and oxygen atoms in total. The molecule has 8 heteroatoms. The molecular weight excluding hydrogens is 510 g/mol. The van der Waals surface area contributed by atoms with Crippen LogP contribution < -0.4 is 59.1 Å². The number of unbranched alkanes of at least 4 members (excludes halogenated alkanes) is 20. The minimum Gasteiger partial charge on any atom is -1.00 e. The largest absolute Gasteiger partial charge is 1.00 e. The summed E-state index contributed by atoms with van der Waals surface area (Å²) in [5.74, 6) is 0. The van der Waals surface area contributed by atoms with Crippen LogP contribution >= 0.6 is 0 Å². The third kappa shape index (κ3) is 21.0. The number of aliphatic imine (C=N–C) groups is 1. The molecule has 0 atom stereocenters. The van der Waals surface area contributed by atoms with E-state index in [1.165, 1.54) is 122 Å². The van der Waals surface area contributed by atoms with Gasteiger partial charge in [0.05, 0.1) is 19.8 Å². The SMILES string of the molecule is CCCCCCCCCCCCCOC(=O)[N+]1(C(=O)OCCCCCCCCCCCCC)C=NCC1.[H-].[H-].[Na+].[Na+]. The van der Waals surface area contributed by atoms with Crippen LogP contribution in [0.15, 0.2) is 4.99 Å². The number of carbonyl (C=O) groups is 2. The van der Waals surface area contributed by atoms with Crippen molar-refractivity contribution in [2.24, 2.45) is 4.99 Å². The number of amides is 2. The summed E-state index contributed by atoms with van der Waals surface area (Å²) in [6, 6.07) is 0. The molecule has 0 aliphatic carbocycles. The second-order valence-corrected chi connectivity index (χ2v) is 10.9. The second-order valence-electron chi connectivity index (χ2n) is 10.9. The van der Waals surface area contributed by atoms with Gasteiger partial charge in [-0.15, -0.1) is 0 Å². The molecule has 1 aliphatic heterocycles. The molecule has 0 bridgehead atoms. The fourth-order valence-electron chi connectivity index (χ4n) is 4.90. The first-order valence-corrected chi connectivity index (χ1v) is 15.9. The van der Waals surface area contributed by atoms with Crippen molar-refractivity contribution in [3.05, 3.63) is 0 Å². The molecule has 0 saturated carbocycles. The number of ether oxygens (including phenoxy) is 2. The predicted octanol–water partition coefficient (Wildman–Crippen LogP) is 3.97. The average Bonchev–Trinajstić information content (AvgIpc) is 3.41. The van der Waals surface area contributed by atoms with Crippen LogP contribution in [-0.4, -0.2) is 49.3 Å². The van der Waals surface area contributed by atoms with Gasteiger partial charge in [-0.05, 0) is 12.8 Å². The van der Waals surface area contributed by atoms with Crippen LogP contribution in [0.25, 0.3) is 0 Å². The summed E-state index contributed by atoms with van der Waals surface area (Å²) in [5.41, 5.74) is 0. The van der Waals surface area contributed by atoms with Gasteiger partial charge >= 0.3 is 71.3 Å². The van der Waals surface area contributed by atoms with E-state index in [4.69, 9.17) is 9.47 Å². The predicted molar refractivity (Wildman–Crippen MR) is 156 cm³/mol. The number of imide groups is 1. The molecule has 0 aromatic heterocycles. The van der Waals surface area contributed by atoms with Crippen LogP contribution in [0.5, 0.6) is 0 Å². The van der Waals surface area contributed by atoms with E-state index in [-0.39, 0.29) is 62.0 Å². The molecule has 0 spiro atoms. The zero-order chi connectivity index (χ0) is 26.9. The maximum absolute atomic E-state index is 12.8. The Morgan fingerprint density at radius 3 is 1.18 bits per heavy atom. The fraction of sp³-hybridized carbons (Fsp3) is 0.903. The summed E-state index contributed by atoms with van der Waals surface area (Å²) in [4.78, 5) is 29.7. The maximum atomic E-state index is 12.8. The standard InChI is InChI=1S/C31H59N2O4.2Na.2H/c1-3-5-7-9-11-13-15-17-19-21-23-27-36-30(34)33(26-25-32-29-33)31(35)37-28-24-22-20-18-16-14-12-10-8-6-4-2;;;;/h29H,3-28H2,1-2H3;;;;/q3*+1;2*-1. The van der Waals surface area contributed by atoms with E-state index in [1.54, 1.807) is 0 Å². The zero-order valence-electron chi connectivity index (χ0n) is 28.5. The Labute approximate surface area is 288 Å². The molecule has 0 radical (unpaired) electrons. The first-order valence-electron chi connectivity index (χ1n) is 15.9. The Kier molecular flexibility index (Phi) is 32.1. The summed E-state index contributed by atoms with van der Waals surface area (Å²) < 4.78 is 10.4. The second kappa shape index (κ2) is 30.0. The summed E-state index contributed by atoms with van der Waals surface area (Å²) in [6.45, 7) is 5.97. The van der Waals surface area contributed by atoms with Gasteiger partial charge in [0.15, 0.2) is 0 Å². The van der Waals surface area contributed by atoms with E-state index in [9.17, 15) is 9.59 Å². The molecular formula is C31H61N2Na2O4+. The Morgan fingerprint density at radius 1 is 0.590 bits per heavy atom. The molecule has 2 amide bonds. The topological polar surface area (TPSA) is 65.0 Å². The van der Waals surface area contributed by atoms with Gasteiger partial charge in [0.25, 0.3) is 0 Å². The van der Waals surface area contributed by atoms with E-state index >= 15 is 0 Å². The van der Waals surface area contributed by atoms with E-state index in [1.807, 2.05) is 0 Å². The summed E-state index contributed by atoms with van der Waals surface area (Å²) in [6.07, 6.45) is 27.8. The van der Waals surface area contributed by atoms with Crippen LogP contribution in [0.3, 0.4) is 0 Å². The maximum Gasteiger partial charge on any atom is 1.00 e. The number of carbonyl (C=O) groups excluding carboxylic acids is 2. The summed E-state index contributed by atoms with van der Waals surface area (Å²) in [5, 5.41) is 0. The molecule has 0 fully saturated rings. The Hall–Kier alpha value is 0.570. The van der Waals surface area contributed by atoms with Gasteiger partial charge < -0.3 is 12.3 Å². The molecule has 0 aromatic carbocycles. The fourth-order valence-corrected chi connectivity index (χ4v) is 4.90. The minimum atomic E-state index is -0.546. The molecule has 1 heterocycles. The molecule has 0 aromatic rings. The van der Waals surface area contributed by atoms with Crippen molar-refractivity contribution >= 4 is 18.5 Å². The van der Waals surface area contributed by atoms with Crippen LogP contribution in [0, 0.1) is 0 Å². The Balaban J connectivity index is -0.00000171. The number of nitrogens with zero attached hydrogens (tertiary/aromatic N) is 2. The Morgan fingerprint density at radius 2 is 0.897 bits per heavy atom. The number of quaternary nitrogens is 1. The van der Waals surface area contributed by atoms with Crippen LogP contribution in [0.1, 0.15) is 158 Å². The molecule has 220 valence electrons. The van der Waals surface area contributed by atoms with E-state index in [0.717, 1.165) is 25.7 Å². The molecule has 0 N–H and O–H groups in total. The van der Waals surface area contributed by atoms with E-state index < -0.39 is 16.7 Å². The van der Waals surface area contributed by atoms with Crippen LogP contribution in [-0.2, 0) is 9.47 Å². The molecule has 0 unspecified atom stereocenters. The van der Waals surface area contributed by atoms with Crippen molar-refractivity contribution in [2.45, 2.75) is 155 Å². The zero-order valence-corrected chi connectivity index (χ0v) is 30.5. The van der Waals surface area contributed by atoms with Crippen LogP contribution in [0.4, 0.5) is 9.59 Å². The smallest absolute Gasteiger partial charge is 1.00 e. The first kappa shape index (κ1) is 41.7. The first-order chi connectivity index (χ1) is 18.2. The number of rotatable bonds is 24. The quantitative estimate of drug-likeness (QED) is 0.0999. The molecule has 1 rings (SSSR count). The molecule has 1 aliphatic rings. The van der Waals surface area contributed by atoms with Crippen molar-refractivity contribution in [1.29, 1.82) is 0 Å². The van der Waals surface area contributed by atoms with Crippen molar-refractivity contribution in [2.75, 3.05) is 26.3 Å². The van der Waals surface area contributed by atoms with Gasteiger partial charge in [0.1, 0.15) is 6.54 Å². The summed E-state index contributed by atoms with van der Waals surface area (Å²) >= 11 is 0. The van der Waals surface area contributed by atoms with Crippen molar-refractivity contribution in [1.82, 2.24) is 0 Å². The van der Waals surface area contributed by atoms with Gasteiger partial charge in [-0.1, -0.05) is 147 Å². The monoisotopic (exact) mass is 571 g/mol. The number of hydrogen-bond acceptors (Lipinski definition) is 5. The summed E-state index contributed by atoms with van der Waals surface area (Å²) in [7, 11) is 0. The van der Waals surface area contributed by atoms with Gasteiger partial charge in [-0.3, -0.25) is 0 Å². The van der Waals surface area contributed by atoms with Gasteiger partial charge in [-0.2, -0.15) is 9.59 Å². The van der Waals surface area contributed by atoms with E-state index in [0.29, 0.717) is 26.3 Å². The van der Waals surface area contributed by atoms with Crippen molar-refractivity contribution < 1.29 is 85.5 Å². The van der Waals surface area contributed by atoms with Gasteiger partial charge in [0, 0.05) is 0 Å². The van der Waals surface area contributed by atoms with Crippen LogP contribution in [0.2, 0.25) is 0 Å². The Bertz CT molecular complexity index is 577. The minimum absolute atomic E-state index is 0. The van der Waals surface area contributed by atoms with Crippen molar-refractivity contribution in [3.63, 3.8) is 0 Å².